The molecule has 126 valence electrons. The van der Waals surface area contributed by atoms with E-state index in [4.69, 9.17) is 4.74 Å². The van der Waals surface area contributed by atoms with Crippen molar-refractivity contribution in [1.82, 2.24) is 5.43 Å². The first-order chi connectivity index (χ1) is 12.1. The number of ether oxygens (including phenoxy) is 1. The van der Waals surface area contributed by atoms with Crippen molar-refractivity contribution < 1.29 is 9.53 Å². The van der Waals surface area contributed by atoms with Crippen LogP contribution in [0.4, 0.5) is 0 Å². The summed E-state index contributed by atoms with van der Waals surface area (Å²) in [5, 5.41) is 6.22. The summed E-state index contributed by atoms with van der Waals surface area (Å²) < 4.78 is 7.17. The number of hydrazone groups is 1. The second-order valence-corrected chi connectivity index (χ2v) is 6.99. The van der Waals surface area contributed by atoms with Gasteiger partial charge in [-0.05, 0) is 44.9 Å². The molecule has 0 atom stereocenters. The molecule has 1 amide bonds. The molecule has 3 rings (SSSR count). The summed E-state index contributed by atoms with van der Waals surface area (Å²) in [6.07, 6.45) is 1.63. The van der Waals surface area contributed by atoms with Crippen LogP contribution in [0.25, 0.3) is 10.8 Å². The third kappa shape index (κ3) is 4.67. The lowest BCUT2D eigenvalue weighted by atomic mass is 10.1. The van der Waals surface area contributed by atoms with E-state index >= 15 is 0 Å². The van der Waals surface area contributed by atoms with Crippen molar-refractivity contribution in [3.05, 3.63) is 75.2 Å². The van der Waals surface area contributed by atoms with Crippen molar-refractivity contribution in [1.29, 1.82) is 0 Å². The van der Waals surface area contributed by atoms with Gasteiger partial charge in [-0.2, -0.15) is 5.10 Å². The number of rotatable bonds is 5. The summed E-state index contributed by atoms with van der Waals surface area (Å²) in [6, 6.07) is 19.4. The van der Waals surface area contributed by atoms with Crippen molar-refractivity contribution in [2.24, 2.45) is 5.10 Å². The highest BCUT2D eigenvalue weighted by Gasteiger charge is 2.05. The van der Waals surface area contributed by atoms with Crippen LogP contribution in [-0.2, 0) is 4.79 Å². The highest BCUT2D eigenvalue weighted by atomic mass is 79.9. The number of hydrogen-bond acceptors (Lipinski definition) is 3. The maximum Gasteiger partial charge on any atom is 0.277 e. The molecule has 4 nitrogen and oxygen atoms in total. The van der Waals surface area contributed by atoms with Crippen LogP contribution in [0, 0.1) is 0 Å². The Kier molecular flexibility index (Phi) is 5.83. The van der Waals surface area contributed by atoms with Crippen LogP contribution in [0.5, 0.6) is 5.75 Å². The van der Waals surface area contributed by atoms with Crippen LogP contribution in [0.3, 0.4) is 0 Å². The van der Waals surface area contributed by atoms with E-state index in [9.17, 15) is 4.79 Å². The number of hydrogen-bond donors (Lipinski definition) is 1. The molecule has 0 unspecified atom stereocenters. The normalized spacial score (nSPS) is 11.0. The van der Waals surface area contributed by atoms with Crippen molar-refractivity contribution in [3.63, 3.8) is 0 Å². The Hall–Kier alpha value is -2.18. The molecule has 0 saturated heterocycles. The number of amides is 1. The van der Waals surface area contributed by atoms with Crippen LogP contribution in [0.15, 0.2) is 74.7 Å². The Morgan fingerprint density at radius 3 is 2.72 bits per heavy atom. The molecule has 0 bridgehead atoms. The predicted octanol–water partition coefficient (Wildman–Crippen LogP) is 4.89. The minimum Gasteiger partial charge on any atom is -0.483 e. The average molecular weight is 462 g/mol. The van der Waals surface area contributed by atoms with Crippen molar-refractivity contribution in [3.8, 4) is 5.75 Å². The zero-order valence-electron chi connectivity index (χ0n) is 13.1. The smallest absolute Gasteiger partial charge is 0.277 e. The summed E-state index contributed by atoms with van der Waals surface area (Å²) in [5.41, 5.74) is 3.42. The highest BCUT2D eigenvalue weighted by molar-refractivity contribution is 9.11. The van der Waals surface area contributed by atoms with Crippen LogP contribution in [-0.4, -0.2) is 18.7 Å². The number of nitrogens with zero attached hydrogens (tertiary/aromatic N) is 1. The number of carbonyl (C=O) groups is 1. The largest absolute Gasteiger partial charge is 0.483 e. The minimum absolute atomic E-state index is 0.118. The van der Waals surface area contributed by atoms with Crippen LogP contribution >= 0.6 is 31.9 Å². The van der Waals surface area contributed by atoms with Gasteiger partial charge in [-0.1, -0.05) is 58.4 Å². The van der Waals surface area contributed by atoms with Gasteiger partial charge in [0.05, 0.1) is 10.7 Å². The fourth-order valence-corrected chi connectivity index (χ4v) is 3.47. The molecule has 0 radical (unpaired) electrons. The lowest BCUT2D eigenvalue weighted by molar-refractivity contribution is -0.123. The minimum atomic E-state index is -0.327. The highest BCUT2D eigenvalue weighted by Crippen LogP contribution is 2.28. The molecule has 0 aromatic heterocycles. The first-order valence-corrected chi connectivity index (χ1v) is 9.09. The van der Waals surface area contributed by atoms with E-state index in [1.165, 1.54) is 0 Å². The van der Waals surface area contributed by atoms with Gasteiger partial charge < -0.3 is 4.74 Å². The Morgan fingerprint density at radius 2 is 1.88 bits per heavy atom. The molecule has 0 spiro atoms. The fourth-order valence-electron chi connectivity index (χ4n) is 2.30. The second kappa shape index (κ2) is 8.27. The Balaban J connectivity index is 1.59. The number of carbonyl (C=O) groups excluding carboxylic acids is 1. The van der Waals surface area contributed by atoms with E-state index in [0.717, 1.165) is 25.3 Å². The van der Waals surface area contributed by atoms with Gasteiger partial charge in [0, 0.05) is 10.0 Å². The van der Waals surface area contributed by atoms with Gasteiger partial charge in [0.2, 0.25) is 0 Å². The molecular formula is C19H14Br2N2O2. The van der Waals surface area contributed by atoms with Gasteiger partial charge in [0.25, 0.3) is 5.91 Å². The zero-order chi connectivity index (χ0) is 17.6. The van der Waals surface area contributed by atoms with Crippen LogP contribution in [0.2, 0.25) is 0 Å². The molecule has 1 N–H and O–H groups in total. The molecule has 0 aliphatic rings. The zero-order valence-corrected chi connectivity index (χ0v) is 16.2. The number of halogens is 2. The summed E-state index contributed by atoms with van der Waals surface area (Å²) in [7, 11) is 0. The fraction of sp³-hybridized carbons (Fsp3) is 0.0526. The van der Waals surface area contributed by atoms with Crippen molar-refractivity contribution in [2.45, 2.75) is 0 Å². The molecular weight excluding hydrogens is 448 g/mol. The second-order valence-electron chi connectivity index (χ2n) is 5.22. The SMILES string of the molecule is O=C(COc1ccc(Br)cc1Br)NN=Cc1cccc2ccccc12. The summed E-state index contributed by atoms with van der Waals surface area (Å²) >= 11 is 6.75. The standard InChI is InChI=1S/C19H14Br2N2O2/c20-15-8-9-18(17(21)10-15)25-12-19(24)23-22-11-14-6-3-5-13-4-1-2-7-16(13)14/h1-11H,12H2,(H,23,24). The molecule has 3 aromatic rings. The third-order valence-corrected chi connectivity index (χ3v) is 4.58. The molecule has 0 saturated carbocycles. The van der Waals surface area contributed by atoms with E-state index in [0.29, 0.717) is 5.75 Å². The molecule has 0 heterocycles. The van der Waals surface area contributed by atoms with Crippen LogP contribution in [0.1, 0.15) is 5.56 Å². The van der Waals surface area contributed by atoms with E-state index in [-0.39, 0.29) is 12.5 Å². The Labute approximate surface area is 162 Å². The van der Waals surface area contributed by atoms with Gasteiger partial charge in [0.15, 0.2) is 6.61 Å². The van der Waals surface area contributed by atoms with Gasteiger partial charge in [-0.15, -0.1) is 0 Å². The Bertz CT molecular complexity index is 936. The lowest BCUT2D eigenvalue weighted by Gasteiger charge is -2.07. The Morgan fingerprint density at radius 1 is 1.08 bits per heavy atom. The van der Waals surface area contributed by atoms with E-state index in [1.54, 1.807) is 12.3 Å². The van der Waals surface area contributed by atoms with Crippen molar-refractivity contribution in [2.75, 3.05) is 6.61 Å². The average Bonchev–Trinajstić information content (AvgIpc) is 2.61. The predicted molar refractivity (Wildman–Crippen MR) is 107 cm³/mol. The van der Waals surface area contributed by atoms with Crippen LogP contribution < -0.4 is 10.2 Å². The van der Waals surface area contributed by atoms with E-state index in [1.807, 2.05) is 54.6 Å². The molecule has 25 heavy (non-hydrogen) atoms. The summed E-state index contributed by atoms with van der Waals surface area (Å²) in [6.45, 7) is -0.118. The van der Waals surface area contributed by atoms with Gasteiger partial charge in [-0.25, -0.2) is 5.43 Å². The maximum absolute atomic E-state index is 11.9. The van der Waals surface area contributed by atoms with E-state index in [2.05, 4.69) is 42.4 Å². The summed E-state index contributed by atoms with van der Waals surface area (Å²) in [4.78, 5) is 11.9. The van der Waals surface area contributed by atoms with E-state index < -0.39 is 0 Å². The molecule has 0 aliphatic carbocycles. The molecule has 6 heteroatoms. The molecule has 0 aliphatic heterocycles. The first kappa shape index (κ1) is 17.6. The number of nitrogens with one attached hydrogen (secondary N) is 1. The molecule has 3 aromatic carbocycles. The van der Waals surface area contributed by atoms with Crippen molar-refractivity contribution >= 4 is 54.8 Å². The maximum atomic E-state index is 11.9. The van der Waals surface area contributed by atoms with Gasteiger partial charge in [0.1, 0.15) is 5.75 Å². The van der Waals surface area contributed by atoms with Gasteiger partial charge in [-0.3, -0.25) is 4.79 Å². The third-order valence-electron chi connectivity index (χ3n) is 3.47. The van der Waals surface area contributed by atoms with Gasteiger partial charge >= 0.3 is 0 Å². The quantitative estimate of drug-likeness (QED) is 0.434. The monoisotopic (exact) mass is 460 g/mol. The summed E-state index contributed by atoms with van der Waals surface area (Å²) in [5.74, 6) is 0.266. The molecule has 0 fully saturated rings. The first-order valence-electron chi connectivity index (χ1n) is 7.51. The number of benzene rings is 3. The topological polar surface area (TPSA) is 50.7 Å². The lowest BCUT2D eigenvalue weighted by Crippen LogP contribution is -2.24. The number of fused-ring (bicyclic) bond motifs is 1.